The van der Waals surface area contributed by atoms with Crippen molar-refractivity contribution >= 4 is 5.91 Å². The first kappa shape index (κ1) is 19.7. The van der Waals surface area contributed by atoms with E-state index >= 15 is 0 Å². The van der Waals surface area contributed by atoms with E-state index in [0.29, 0.717) is 13.1 Å². The van der Waals surface area contributed by atoms with Crippen LogP contribution in [0.3, 0.4) is 0 Å². The van der Waals surface area contributed by atoms with Crippen molar-refractivity contribution in [1.29, 1.82) is 0 Å². The summed E-state index contributed by atoms with van der Waals surface area (Å²) in [5.74, 6) is 0.566. The zero-order valence-corrected chi connectivity index (χ0v) is 15.7. The number of likely N-dealkylation sites (N-methyl/N-ethyl adjacent to an activating group) is 2. The van der Waals surface area contributed by atoms with E-state index in [-0.39, 0.29) is 18.2 Å². The number of hydrogen-bond donors (Lipinski definition) is 0. The van der Waals surface area contributed by atoms with E-state index in [0.717, 1.165) is 16.9 Å². The fourth-order valence-corrected chi connectivity index (χ4v) is 2.66. The molecular weight excluding hydrogens is 335 g/mol. The normalized spacial score (nSPS) is 10.7. The number of rotatable bonds is 8. The van der Waals surface area contributed by atoms with E-state index in [1.54, 1.807) is 31.2 Å². The first-order chi connectivity index (χ1) is 12.4. The molecule has 0 bridgehead atoms. The minimum Gasteiger partial charge on any atom is -0.497 e. The first-order valence-corrected chi connectivity index (χ1v) is 8.30. The molecule has 6 heteroatoms. The molecule has 5 nitrogen and oxygen atoms in total. The van der Waals surface area contributed by atoms with E-state index in [4.69, 9.17) is 9.47 Å². The lowest BCUT2D eigenvalue weighted by atomic mass is 10.2. The second-order valence-corrected chi connectivity index (χ2v) is 6.24. The SMILES string of the molecule is COc1cccc(CN(C)C(=O)CN(C)Cc2ccc(OC)c(F)c2)c1. The maximum Gasteiger partial charge on any atom is 0.236 e. The van der Waals surface area contributed by atoms with Crippen LogP contribution in [0.5, 0.6) is 11.5 Å². The molecule has 0 spiro atoms. The van der Waals surface area contributed by atoms with Gasteiger partial charge in [-0.2, -0.15) is 0 Å². The zero-order chi connectivity index (χ0) is 19.1. The topological polar surface area (TPSA) is 42.0 Å². The largest absolute Gasteiger partial charge is 0.497 e. The van der Waals surface area contributed by atoms with Crippen LogP contribution in [0.2, 0.25) is 0 Å². The number of halogens is 1. The lowest BCUT2D eigenvalue weighted by molar-refractivity contribution is -0.131. The van der Waals surface area contributed by atoms with Crippen LogP contribution in [0.25, 0.3) is 0 Å². The summed E-state index contributed by atoms with van der Waals surface area (Å²) in [7, 11) is 6.65. The number of methoxy groups -OCH3 is 2. The number of benzene rings is 2. The summed E-state index contributed by atoms with van der Waals surface area (Å²) in [6.07, 6.45) is 0. The highest BCUT2D eigenvalue weighted by Gasteiger charge is 2.13. The van der Waals surface area contributed by atoms with Crippen LogP contribution in [0.4, 0.5) is 4.39 Å². The number of carbonyl (C=O) groups excluding carboxylic acids is 1. The van der Waals surface area contributed by atoms with Crippen molar-refractivity contribution in [3.8, 4) is 11.5 Å². The molecule has 26 heavy (non-hydrogen) atoms. The number of hydrogen-bond acceptors (Lipinski definition) is 4. The van der Waals surface area contributed by atoms with Gasteiger partial charge in [0.2, 0.25) is 5.91 Å². The third kappa shape index (κ3) is 5.46. The van der Waals surface area contributed by atoms with Crippen molar-refractivity contribution in [2.75, 3.05) is 34.9 Å². The molecule has 0 aliphatic heterocycles. The molecule has 0 aromatic heterocycles. The van der Waals surface area contributed by atoms with Crippen molar-refractivity contribution in [3.63, 3.8) is 0 Å². The van der Waals surface area contributed by atoms with Gasteiger partial charge in [-0.05, 0) is 42.4 Å². The monoisotopic (exact) mass is 360 g/mol. The Morgan fingerprint density at radius 2 is 1.73 bits per heavy atom. The average molecular weight is 360 g/mol. The van der Waals surface area contributed by atoms with Crippen molar-refractivity contribution in [2.45, 2.75) is 13.1 Å². The minimum atomic E-state index is -0.403. The average Bonchev–Trinajstić information content (AvgIpc) is 2.61. The van der Waals surface area contributed by atoms with Gasteiger partial charge in [-0.3, -0.25) is 9.69 Å². The molecule has 0 unspecified atom stereocenters. The molecule has 140 valence electrons. The van der Waals surface area contributed by atoms with Crippen molar-refractivity contribution < 1.29 is 18.7 Å². The van der Waals surface area contributed by atoms with E-state index in [1.165, 1.54) is 13.2 Å². The predicted octanol–water partition coefficient (Wildman–Crippen LogP) is 2.93. The lowest BCUT2D eigenvalue weighted by Gasteiger charge is -2.22. The van der Waals surface area contributed by atoms with Gasteiger partial charge in [-0.1, -0.05) is 18.2 Å². The maximum absolute atomic E-state index is 13.8. The second kappa shape index (κ2) is 9.20. The molecule has 2 aromatic carbocycles. The van der Waals surface area contributed by atoms with Crippen molar-refractivity contribution in [1.82, 2.24) is 9.80 Å². The number of carbonyl (C=O) groups is 1. The number of nitrogens with zero attached hydrogens (tertiary/aromatic N) is 2. The summed E-state index contributed by atoms with van der Waals surface area (Å²) in [6.45, 7) is 1.22. The molecule has 0 aliphatic carbocycles. The fraction of sp³-hybridized carbons (Fsp3) is 0.350. The van der Waals surface area contributed by atoms with E-state index in [1.807, 2.05) is 36.2 Å². The molecule has 0 aliphatic rings. The Morgan fingerprint density at radius 1 is 1.00 bits per heavy atom. The molecule has 0 atom stereocenters. The van der Waals surface area contributed by atoms with Crippen LogP contribution in [0.15, 0.2) is 42.5 Å². The third-order valence-electron chi connectivity index (χ3n) is 4.05. The Balaban J connectivity index is 1.90. The quantitative estimate of drug-likeness (QED) is 0.726. The Bertz CT molecular complexity index is 752. The highest BCUT2D eigenvalue weighted by atomic mass is 19.1. The summed E-state index contributed by atoms with van der Waals surface area (Å²) < 4.78 is 23.9. The van der Waals surface area contributed by atoms with Gasteiger partial charge in [0.1, 0.15) is 5.75 Å². The predicted molar refractivity (Wildman–Crippen MR) is 98.8 cm³/mol. The van der Waals surface area contributed by atoms with Crippen molar-refractivity contribution in [3.05, 3.63) is 59.4 Å². The van der Waals surface area contributed by atoms with Crippen LogP contribution in [-0.4, -0.2) is 50.6 Å². The van der Waals surface area contributed by atoms with Gasteiger partial charge in [0.05, 0.1) is 20.8 Å². The summed E-state index contributed by atoms with van der Waals surface area (Å²) in [4.78, 5) is 15.9. The van der Waals surface area contributed by atoms with Crippen LogP contribution in [0.1, 0.15) is 11.1 Å². The smallest absolute Gasteiger partial charge is 0.236 e. The Labute approximate surface area is 153 Å². The van der Waals surface area contributed by atoms with Gasteiger partial charge in [0.25, 0.3) is 0 Å². The Morgan fingerprint density at radius 3 is 2.38 bits per heavy atom. The van der Waals surface area contributed by atoms with Gasteiger partial charge >= 0.3 is 0 Å². The van der Waals surface area contributed by atoms with E-state index < -0.39 is 5.82 Å². The van der Waals surface area contributed by atoms with Gasteiger partial charge in [0, 0.05) is 20.1 Å². The standard InChI is InChI=1S/C20H25FN2O3/c1-22(12-16-8-9-19(26-4)18(21)11-16)14-20(24)23(2)13-15-6-5-7-17(10-15)25-3/h5-11H,12-14H2,1-4H3. The van der Waals surface area contributed by atoms with Crippen molar-refractivity contribution in [2.24, 2.45) is 0 Å². The highest BCUT2D eigenvalue weighted by molar-refractivity contribution is 5.78. The van der Waals surface area contributed by atoms with Crippen LogP contribution in [0, 0.1) is 5.82 Å². The van der Waals surface area contributed by atoms with Gasteiger partial charge in [-0.15, -0.1) is 0 Å². The molecule has 0 saturated carbocycles. The third-order valence-corrected chi connectivity index (χ3v) is 4.05. The fourth-order valence-electron chi connectivity index (χ4n) is 2.66. The molecule has 0 radical (unpaired) electrons. The highest BCUT2D eigenvalue weighted by Crippen LogP contribution is 2.18. The molecule has 1 amide bonds. The molecule has 0 saturated heterocycles. The summed E-state index contributed by atoms with van der Waals surface area (Å²) in [5.41, 5.74) is 1.79. The van der Waals surface area contributed by atoms with Gasteiger partial charge < -0.3 is 14.4 Å². The molecule has 2 rings (SSSR count). The summed E-state index contributed by atoms with van der Waals surface area (Å²) in [6, 6.07) is 12.4. The van der Waals surface area contributed by atoms with Crippen LogP contribution >= 0.6 is 0 Å². The minimum absolute atomic E-state index is 0.00990. The molecular formula is C20H25FN2O3. The molecule has 2 aromatic rings. The van der Waals surface area contributed by atoms with Gasteiger partial charge in [-0.25, -0.2) is 4.39 Å². The maximum atomic E-state index is 13.8. The second-order valence-electron chi connectivity index (χ2n) is 6.24. The lowest BCUT2D eigenvalue weighted by Crippen LogP contribution is -2.36. The summed E-state index contributed by atoms with van der Waals surface area (Å²) >= 11 is 0. The summed E-state index contributed by atoms with van der Waals surface area (Å²) in [5, 5.41) is 0. The first-order valence-electron chi connectivity index (χ1n) is 8.30. The Kier molecular flexibility index (Phi) is 6.97. The van der Waals surface area contributed by atoms with Gasteiger partial charge in [0.15, 0.2) is 11.6 Å². The van der Waals surface area contributed by atoms with E-state index in [9.17, 15) is 9.18 Å². The number of amides is 1. The number of ether oxygens (including phenoxy) is 2. The molecule has 0 fully saturated rings. The van der Waals surface area contributed by atoms with Crippen LogP contribution in [-0.2, 0) is 17.9 Å². The zero-order valence-electron chi connectivity index (χ0n) is 15.7. The Hall–Kier alpha value is -2.60. The van der Waals surface area contributed by atoms with Crippen LogP contribution < -0.4 is 9.47 Å². The van der Waals surface area contributed by atoms with E-state index in [2.05, 4.69) is 0 Å². The molecule has 0 N–H and O–H groups in total. The molecule has 0 heterocycles.